The molecule has 188 valence electrons. The van der Waals surface area contributed by atoms with Crippen LogP contribution in [0.2, 0.25) is 5.02 Å². The zero-order valence-electron chi connectivity index (χ0n) is 21.0. The molecule has 3 rings (SSSR count). The van der Waals surface area contributed by atoms with Gasteiger partial charge in [0.05, 0.1) is 30.5 Å². The highest BCUT2D eigenvalue weighted by Crippen LogP contribution is 2.38. The molecule has 4 nitrogen and oxygen atoms in total. The fraction of sp³-hybridized carbons (Fsp3) is 0.393. The predicted octanol–water partition coefficient (Wildman–Crippen LogP) is 8.04. The highest BCUT2D eigenvalue weighted by atomic mass is 35.5. The van der Waals surface area contributed by atoms with E-state index < -0.39 is 0 Å². The lowest BCUT2D eigenvalue weighted by molar-refractivity contribution is 0.185. The fourth-order valence-corrected chi connectivity index (χ4v) is 5.25. The molecule has 0 aliphatic rings. The van der Waals surface area contributed by atoms with Crippen molar-refractivity contribution in [2.24, 2.45) is 0 Å². The Kier molecular flexibility index (Phi) is 11.4. The number of nitrogens with one attached hydrogen (secondary N) is 1. The van der Waals surface area contributed by atoms with E-state index in [-0.39, 0.29) is 24.4 Å². The summed E-state index contributed by atoms with van der Waals surface area (Å²) in [7, 11) is 3.36. The van der Waals surface area contributed by atoms with Crippen molar-refractivity contribution in [3.63, 3.8) is 0 Å². The lowest BCUT2D eigenvalue weighted by Gasteiger charge is -2.24. The van der Waals surface area contributed by atoms with Crippen molar-refractivity contribution >= 4 is 40.5 Å². The third-order valence-corrected chi connectivity index (χ3v) is 7.20. The van der Waals surface area contributed by atoms with Crippen molar-refractivity contribution in [3.05, 3.63) is 63.0 Å². The first kappa shape index (κ1) is 29.0. The standard InChI is InChI=1S/C28H33ClN2O2S.ClH/c1-7-9-10-22(21-13-11-20(12-14-21)17-32-5)25(8-2)30-28-31-27(19(4)34-28)23-15-18(3)26(33-6)16-24(23)29;/h2,11-16,22,25H,7,9-10,17H2,1,3-6H3,(H,30,31);1H. The van der Waals surface area contributed by atoms with Gasteiger partial charge in [0.25, 0.3) is 0 Å². The molecule has 0 aliphatic heterocycles. The van der Waals surface area contributed by atoms with Crippen molar-refractivity contribution in [1.29, 1.82) is 0 Å². The molecule has 1 aromatic heterocycles. The Balaban J connectivity index is 0.00000432. The number of aryl methyl sites for hydroxylation is 2. The number of anilines is 1. The van der Waals surface area contributed by atoms with Gasteiger partial charge in [-0.05, 0) is 49.1 Å². The summed E-state index contributed by atoms with van der Waals surface area (Å²) in [5, 5.41) is 4.96. The molecule has 0 fully saturated rings. The van der Waals surface area contributed by atoms with E-state index in [9.17, 15) is 0 Å². The molecule has 2 atom stereocenters. The zero-order chi connectivity index (χ0) is 24.7. The summed E-state index contributed by atoms with van der Waals surface area (Å²) in [6.45, 7) is 6.87. The second kappa shape index (κ2) is 13.8. The predicted molar refractivity (Wildman–Crippen MR) is 151 cm³/mol. The van der Waals surface area contributed by atoms with E-state index in [0.717, 1.165) is 57.4 Å². The Morgan fingerprint density at radius 1 is 1.17 bits per heavy atom. The van der Waals surface area contributed by atoms with Gasteiger partial charge in [0.1, 0.15) is 5.75 Å². The van der Waals surface area contributed by atoms with Crippen LogP contribution >= 0.6 is 35.3 Å². The van der Waals surface area contributed by atoms with Gasteiger partial charge in [0.2, 0.25) is 0 Å². The van der Waals surface area contributed by atoms with Crippen LogP contribution in [0, 0.1) is 26.2 Å². The Bertz CT molecular complexity index is 1140. The first-order chi connectivity index (χ1) is 16.4. The smallest absolute Gasteiger partial charge is 0.184 e. The van der Waals surface area contributed by atoms with Crippen LogP contribution in [-0.2, 0) is 11.3 Å². The summed E-state index contributed by atoms with van der Waals surface area (Å²) < 4.78 is 10.6. The number of methoxy groups -OCH3 is 2. The molecule has 0 amide bonds. The van der Waals surface area contributed by atoms with E-state index in [1.807, 2.05) is 19.1 Å². The summed E-state index contributed by atoms with van der Waals surface area (Å²) in [6, 6.07) is 12.3. The first-order valence-electron chi connectivity index (χ1n) is 11.5. The number of unbranched alkanes of at least 4 members (excludes halogenated alkanes) is 1. The minimum absolute atomic E-state index is 0. The molecule has 2 unspecified atom stereocenters. The molecule has 7 heteroatoms. The van der Waals surface area contributed by atoms with Crippen LogP contribution in [0.1, 0.15) is 53.7 Å². The van der Waals surface area contributed by atoms with Gasteiger partial charge in [0, 0.05) is 23.5 Å². The van der Waals surface area contributed by atoms with Crippen LogP contribution in [0.4, 0.5) is 5.13 Å². The Hall–Kier alpha value is -2.23. The van der Waals surface area contributed by atoms with Gasteiger partial charge < -0.3 is 14.8 Å². The maximum atomic E-state index is 6.57. The molecule has 0 spiro atoms. The second-order valence-corrected chi connectivity index (χ2v) is 10.0. The normalized spacial score (nSPS) is 12.4. The topological polar surface area (TPSA) is 43.4 Å². The largest absolute Gasteiger partial charge is 0.496 e. The van der Waals surface area contributed by atoms with E-state index in [1.165, 1.54) is 5.56 Å². The molecule has 3 aromatic rings. The number of ether oxygens (including phenoxy) is 2. The molecule has 0 saturated carbocycles. The van der Waals surface area contributed by atoms with Gasteiger partial charge in [-0.3, -0.25) is 0 Å². The number of terminal acetylenes is 1. The molecule has 1 heterocycles. The van der Waals surface area contributed by atoms with Gasteiger partial charge in [0.15, 0.2) is 5.13 Å². The number of thiazole rings is 1. The third-order valence-electron chi connectivity index (χ3n) is 5.98. The van der Waals surface area contributed by atoms with Crippen molar-refractivity contribution in [2.45, 2.75) is 58.6 Å². The fourth-order valence-electron chi connectivity index (χ4n) is 4.14. The van der Waals surface area contributed by atoms with Crippen molar-refractivity contribution in [3.8, 4) is 29.4 Å². The van der Waals surface area contributed by atoms with Crippen LogP contribution in [0.15, 0.2) is 36.4 Å². The third kappa shape index (κ3) is 7.15. The average molecular weight is 534 g/mol. The van der Waals surface area contributed by atoms with Gasteiger partial charge >= 0.3 is 0 Å². The monoisotopic (exact) mass is 532 g/mol. The first-order valence-corrected chi connectivity index (χ1v) is 12.7. The van der Waals surface area contributed by atoms with Crippen molar-refractivity contribution < 1.29 is 9.47 Å². The van der Waals surface area contributed by atoms with Gasteiger partial charge in [-0.2, -0.15) is 0 Å². The van der Waals surface area contributed by atoms with Gasteiger partial charge in [-0.1, -0.05) is 61.6 Å². The van der Waals surface area contributed by atoms with Crippen LogP contribution in [-0.4, -0.2) is 25.2 Å². The van der Waals surface area contributed by atoms with Crippen LogP contribution < -0.4 is 10.1 Å². The van der Waals surface area contributed by atoms with Crippen molar-refractivity contribution in [1.82, 2.24) is 4.98 Å². The molecular formula is C28H34Cl2N2O2S. The lowest BCUT2D eigenvalue weighted by atomic mass is 9.87. The lowest BCUT2D eigenvalue weighted by Crippen LogP contribution is -2.26. The number of nitrogens with zero attached hydrogens (tertiary/aromatic N) is 1. The maximum absolute atomic E-state index is 6.57. The number of hydrogen-bond donors (Lipinski definition) is 1. The summed E-state index contributed by atoms with van der Waals surface area (Å²) >= 11 is 8.17. The minimum atomic E-state index is -0.175. The SMILES string of the molecule is C#CC(Nc1nc(-c2cc(C)c(OC)cc2Cl)c(C)s1)C(CCCC)c1ccc(COC)cc1.Cl. The molecule has 0 saturated heterocycles. The molecule has 35 heavy (non-hydrogen) atoms. The van der Waals surface area contributed by atoms with E-state index in [1.54, 1.807) is 25.6 Å². The van der Waals surface area contributed by atoms with Gasteiger partial charge in [-0.25, -0.2) is 4.98 Å². The van der Waals surface area contributed by atoms with Crippen LogP contribution in [0.5, 0.6) is 5.75 Å². The average Bonchev–Trinajstić information content (AvgIpc) is 3.20. The van der Waals surface area contributed by atoms with E-state index in [0.29, 0.717) is 11.6 Å². The molecule has 0 aliphatic carbocycles. The summed E-state index contributed by atoms with van der Waals surface area (Å²) in [6.07, 6.45) is 9.27. The zero-order valence-corrected chi connectivity index (χ0v) is 23.4. The number of aromatic nitrogens is 1. The highest BCUT2D eigenvalue weighted by molar-refractivity contribution is 7.16. The Morgan fingerprint density at radius 2 is 1.89 bits per heavy atom. The highest BCUT2D eigenvalue weighted by Gasteiger charge is 2.23. The van der Waals surface area contributed by atoms with Crippen LogP contribution in [0.3, 0.4) is 0 Å². The van der Waals surface area contributed by atoms with E-state index in [4.69, 9.17) is 32.5 Å². The minimum Gasteiger partial charge on any atom is -0.496 e. The molecule has 0 radical (unpaired) electrons. The molecule has 0 bridgehead atoms. The number of hydrogen-bond acceptors (Lipinski definition) is 5. The number of benzene rings is 2. The quantitative estimate of drug-likeness (QED) is 0.253. The van der Waals surface area contributed by atoms with E-state index >= 15 is 0 Å². The number of halogens is 2. The summed E-state index contributed by atoms with van der Waals surface area (Å²) in [5.74, 6) is 3.94. The second-order valence-electron chi connectivity index (χ2n) is 8.44. The summed E-state index contributed by atoms with van der Waals surface area (Å²) in [5.41, 5.74) is 5.16. The Morgan fingerprint density at radius 3 is 2.49 bits per heavy atom. The Labute approximate surface area is 224 Å². The number of rotatable bonds is 11. The molecular weight excluding hydrogens is 499 g/mol. The molecule has 2 aromatic carbocycles. The molecule has 1 N–H and O–H groups in total. The maximum Gasteiger partial charge on any atom is 0.184 e. The van der Waals surface area contributed by atoms with E-state index in [2.05, 4.69) is 49.4 Å². The van der Waals surface area contributed by atoms with Crippen LogP contribution in [0.25, 0.3) is 11.3 Å². The summed E-state index contributed by atoms with van der Waals surface area (Å²) in [4.78, 5) is 5.97. The van der Waals surface area contributed by atoms with Crippen molar-refractivity contribution in [2.75, 3.05) is 19.5 Å². The van der Waals surface area contributed by atoms with Gasteiger partial charge in [-0.15, -0.1) is 30.2 Å².